The van der Waals surface area contributed by atoms with Gasteiger partial charge in [-0.05, 0) is 43.0 Å². The van der Waals surface area contributed by atoms with Crippen LogP contribution in [-0.4, -0.2) is 10.1 Å². The molecule has 0 saturated heterocycles. The molecule has 0 aliphatic heterocycles. The molecule has 0 radical (unpaired) electrons. The lowest BCUT2D eigenvalue weighted by atomic mass is 9.96. The molecule has 2 N–H and O–H groups in total. The molecule has 0 aliphatic rings. The van der Waals surface area contributed by atoms with Crippen molar-refractivity contribution in [3.05, 3.63) is 46.1 Å². The van der Waals surface area contributed by atoms with Gasteiger partial charge in [-0.15, -0.1) is 0 Å². The van der Waals surface area contributed by atoms with Gasteiger partial charge >= 0.3 is 0 Å². The van der Waals surface area contributed by atoms with Gasteiger partial charge in [0, 0.05) is 5.92 Å². The second-order valence-electron chi connectivity index (χ2n) is 5.42. The number of benzene rings is 1. The van der Waals surface area contributed by atoms with E-state index in [1.54, 1.807) is 0 Å². The summed E-state index contributed by atoms with van der Waals surface area (Å²) in [5, 5.41) is 4.00. The lowest BCUT2D eigenvalue weighted by Crippen LogP contribution is -2.15. The van der Waals surface area contributed by atoms with Crippen molar-refractivity contribution in [2.75, 3.05) is 0 Å². The molecule has 102 valence electrons. The van der Waals surface area contributed by atoms with E-state index in [0.29, 0.717) is 11.7 Å². The highest BCUT2D eigenvalue weighted by molar-refractivity contribution is 5.39. The highest BCUT2D eigenvalue weighted by Gasteiger charge is 2.19. The molecule has 1 aromatic carbocycles. The maximum absolute atomic E-state index is 6.26. The zero-order valence-corrected chi connectivity index (χ0v) is 12.2. The summed E-state index contributed by atoms with van der Waals surface area (Å²) in [4.78, 5) is 4.38. The van der Waals surface area contributed by atoms with E-state index >= 15 is 0 Å². The molecule has 19 heavy (non-hydrogen) atoms. The molecule has 0 aliphatic carbocycles. The molecule has 0 spiro atoms. The quantitative estimate of drug-likeness (QED) is 0.919. The largest absolute Gasteiger partial charge is 0.339 e. The zero-order chi connectivity index (χ0) is 14.2. The first-order valence-corrected chi connectivity index (χ1v) is 6.57. The molecule has 2 aromatic rings. The molecule has 1 atom stereocenters. The lowest BCUT2D eigenvalue weighted by molar-refractivity contribution is 0.359. The predicted octanol–water partition coefficient (Wildman–Crippen LogP) is 3.17. The Balaban J connectivity index is 2.38. The third-order valence-electron chi connectivity index (χ3n) is 3.45. The third-order valence-corrected chi connectivity index (χ3v) is 3.45. The molecule has 0 bridgehead atoms. The van der Waals surface area contributed by atoms with Crippen molar-refractivity contribution in [2.45, 2.75) is 46.6 Å². The molecule has 0 fully saturated rings. The number of aryl methyl sites for hydroxylation is 3. The van der Waals surface area contributed by atoms with Gasteiger partial charge in [-0.1, -0.05) is 31.1 Å². The minimum absolute atomic E-state index is 0.217. The van der Waals surface area contributed by atoms with E-state index in [1.807, 2.05) is 13.8 Å². The Morgan fingerprint density at radius 1 is 1.05 bits per heavy atom. The van der Waals surface area contributed by atoms with Gasteiger partial charge in [0.1, 0.15) is 0 Å². The minimum atomic E-state index is -0.337. The Labute approximate surface area is 114 Å². The monoisotopic (exact) mass is 259 g/mol. The second-order valence-corrected chi connectivity index (χ2v) is 5.42. The highest BCUT2D eigenvalue weighted by atomic mass is 16.5. The van der Waals surface area contributed by atoms with Crippen LogP contribution in [0.2, 0.25) is 0 Å². The average Bonchev–Trinajstić information content (AvgIpc) is 2.82. The van der Waals surface area contributed by atoms with E-state index in [-0.39, 0.29) is 12.0 Å². The molecular weight excluding hydrogens is 238 g/mol. The van der Waals surface area contributed by atoms with Crippen LogP contribution in [0.5, 0.6) is 0 Å². The fourth-order valence-corrected chi connectivity index (χ4v) is 2.07. The van der Waals surface area contributed by atoms with Gasteiger partial charge < -0.3 is 10.3 Å². The Hall–Kier alpha value is -1.68. The Morgan fingerprint density at radius 3 is 2.26 bits per heavy atom. The van der Waals surface area contributed by atoms with Crippen LogP contribution in [0.1, 0.15) is 59.8 Å². The van der Waals surface area contributed by atoms with Crippen molar-refractivity contribution in [3.63, 3.8) is 0 Å². The maximum atomic E-state index is 6.26. The van der Waals surface area contributed by atoms with Crippen molar-refractivity contribution < 1.29 is 4.52 Å². The van der Waals surface area contributed by atoms with Crippen LogP contribution in [0.3, 0.4) is 0 Å². The Morgan fingerprint density at radius 2 is 1.68 bits per heavy atom. The Bertz CT molecular complexity index is 587. The van der Waals surface area contributed by atoms with Crippen molar-refractivity contribution >= 4 is 0 Å². The summed E-state index contributed by atoms with van der Waals surface area (Å²) in [7, 11) is 0. The second kappa shape index (κ2) is 5.13. The normalized spacial score (nSPS) is 13.0. The fraction of sp³-hybridized carbons (Fsp3) is 0.467. The molecule has 1 unspecified atom stereocenters. The van der Waals surface area contributed by atoms with Crippen LogP contribution < -0.4 is 5.73 Å². The van der Waals surface area contributed by atoms with E-state index in [4.69, 9.17) is 10.3 Å². The number of nitrogens with zero attached hydrogens (tertiary/aromatic N) is 2. The van der Waals surface area contributed by atoms with Crippen molar-refractivity contribution in [1.29, 1.82) is 0 Å². The summed E-state index contributed by atoms with van der Waals surface area (Å²) in [6.07, 6.45) is 0. The summed E-state index contributed by atoms with van der Waals surface area (Å²) in [6, 6.07) is 3.92. The Kier molecular flexibility index (Phi) is 3.71. The first-order chi connectivity index (χ1) is 8.90. The van der Waals surface area contributed by atoms with Crippen LogP contribution in [-0.2, 0) is 0 Å². The molecule has 4 nitrogen and oxygen atoms in total. The molecular formula is C15H21N3O. The summed E-state index contributed by atoms with van der Waals surface area (Å²) in [5.41, 5.74) is 11.0. The van der Waals surface area contributed by atoms with Gasteiger partial charge in [0.05, 0.1) is 6.04 Å². The average molecular weight is 259 g/mol. The van der Waals surface area contributed by atoms with E-state index in [9.17, 15) is 0 Å². The number of nitrogens with two attached hydrogens (primary N) is 1. The van der Waals surface area contributed by atoms with E-state index in [1.165, 1.54) is 11.1 Å². The summed E-state index contributed by atoms with van der Waals surface area (Å²) in [5.74, 6) is 1.40. The highest BCUT2D eigenvalue weighted by Crippen LogP contribution is 2.24. The van der Waals surface area contributed by atoms with Gasteiger partial charge in [-0.2, -0.15) is 4.98 Å². The lowest BCUT2D eigenvalue weighted by Gasteiger charge is -2.13. The van der Waals surface area contributed by atoms with Crippen LogP contribution in [0, 0.1) is 20.8 Å². The van der Waals surface area contributed by atoms with Crippen LogP contribution in [0.15, 0.2) is 16.7 Å². The van der Waals surface area contributed by atoms with Crippen LogP contribution in [0.4, 0.5) is 0 Å². The topological polar surface area (TPSA) is 64.9 Å². The minimum Gasteiger partial charge on any atom is -0.339 e. The van der Waals surface area contributed by atoms with Gasteiger partial charge in [-0.3, -0.25) is 0 Å². The summed E-state index contributed by atoms with van der Waals surface area (Å²) in [6.45, 7) is 10.3. The van der Waals surface area contributed by atoms with Gasteiger partial charge in [-0.25, -0.2) is 0 Å². The SMILES string of the molecule is Cc1cc(C)c(C(N)c2noc(C(C)C)n2)cc1C. The van der Waals surface area contributed by atoms with Crippen molar-refractivity contribution in [3.8, 4) is 0 Å². The van der Waals surface area contributed by atoms with Gasteiger partial charge in [0.15, 0.2) is 5.82 Å². The molecule has 1 heterocycles. The first kappa shape index (κ1) is 13.7. The number of hydrogen-bond acceptors (Lipinski definition) is 4. The van der Waals surface area contributed by atoms with Crippen LogP contribution in [0.25, 0.3) is 0 Å². The predicted molar refractivity (Wildman–Crippen MR) is 75.1 cm³/mol. The maximum Gasteiger partial charge on any atom is 0.229 e. The standard InChI is InChI=1S/C15H21N3O/c1-8(2)15-17-14(18-19-15)13(16)12-7-10(4)9(3)6-11(12)5/h6-8,13H,16H2,1-5H3. The number of aromatic nitrogens is 2. The molecule has 1 aromatic heterocycles. The van der Waals surface area contributed by atoms with Crippen LogP contribution >= 0.6 is 0 Å². The van der Waals surface area contributed by atoms with Crippen molar-refractivity contribution in [1.82, 2.24) is 10.1 Å². The van der Waals surface area contributed by atoms with E-state index < -0.39 is 0 Å². The van der Waals surface area contributed by atoms with E-state index in [0.717, 1.165) is 11.1 Å². The number of hydrogen-bond donors (Lipinski definition) is 1. The van der Waals surface area contributed by atoms with Gasteiger partial charge in [0.25, 0.3) is 0 Å². The van der Waals surface area contributed by atoms with Crippen molar-refractivity contribution in [2.24, 2.45) is 5.73 Å². The smallest absolute Gasteiger partial charge is 0.229 e. The van der Waals surface area contributed by atoms with Gasteiger partial charge in [0.2, 0.25) is 5.89 Å². The van der Waals surface area contributed by atoms with E-state index in [2.05, 4.69) is 43.0 Å². The number of rotatable bonds is 3. The first-order valence-electron chi connectivity index (χ1n) is 6.57. The summed E-state index contributed by atoms with van der Waals surface area (Å²) < 4.78 is 5.22. The summed E-state index contributed by atoms with van der Waals surface area (Å²) >= 11 is 0. The molecule has 0 saturated carbocycles. The molecule has 4 heteroatoms. The molecule has 0 amide bonds. The fourth-order valence-electron chi connectivity index (χ4n) is 2.07. The molecule has 2 rings (SSSR count). The third kappa shape index (κ3) is 2.68. The zero-order valence-electron chi connectivity index (χ0n) is 12.2.